The lowest BCUT2D eigenvalue weighted by atomic mass is 10.1. The van der Waals surface area contributed by atoms with Crippen molar-refractivity contribution in [2.75, 3.05) is 17.2 Å². The number of ether oxygens (including phenoxy) is 2. The molecular formula is C22H22N2O5. The standard InChI is InChI=1S/C22H22N2O5/c1-13-9-10-14(2)17(11-13)24-20(26)15(3)29-22(27)19-18(25)12-28-21(19)23-16-7-5-4-6-8-16/h4-11,15,23H,12H2,1-3H3,(H,24,26)/t15-/m1/s1. The Hall–Kier alpha value is -3.61. The maximum absolute atomic E-state index is 12.5. The minimum absolute atomic E-state index is 0.0216. The molecule has 2 aromatic carbocycles. The Bertz CT molecular complexity index is 982. The van der Waals surface area contributed by atoms with Gasteiger partial charge in [-0.3, -0.25) is 9.59 Å². The summed E-state index contributed by atoms with van der Waals surface area (Å²) in [7, 11) is 0. The summed E-state index contributed by atoms with van der Waals surface area (Å²) in [5.74, 6) is -1.88. The number of esters is 1. The van der Waals surface area contributed by atoms with E-state index < -0.39 is 23.8 Å². The molecule has 2 N–H and O–H groups in total. The van der Waals surface area contributed by atoms with Crippen LogP contribution in [0.4, 0.5) is 11.4 Å². The van der Waals surface area contributed by atoms with Crippen LogP contribution in [0.2, 0.25) is 0 Å². The highest BCUT2D eigenvalue weighted by atomic mass is 16.6. The number of ketones is 1. The fourth-order valence-electron chi connectivity index (χ4n) is 2.74. The third-order valence-electron chi connectivity index (χ3n) is 4.39. The Morgan fingerprint density at radius 2 is 1.83 bits per heavy atom. The van der Waals surface area contributed by atoms with Gasteiger partial charge in [0.05, 0.1) is 0 Å². The number of hydrogen-bond acceptors (Lipinski definition) is 6. The molecule has 3 rings (SSSR count). The van der Waals surface area contributed by atoms with Crippen molar-refractivity contribution < 1.29 is 23.9 Å². The van der Waals surface area contributed by atoms with E-state index in [2.05, 4.69) is 10.6 Å². The van der Waals surface area contributed by atoms with Crippen LogP contribution >= 0.6 is 0 Å². The maximum atomic E-state index is 12.5. The van der Waals surface area contributed by atoms with E-state index in [0.29, 0.717) is 11.4 Å². The molecule has 1 aliphatic rings. The van der Waals surface area contributed by atoms with Gasteiger partial charge in [0, 0.05) is 11.4 Å². The lowest BCUT2D eigenvalue weighted by Gasteiger charge is -2.15. The minimum Gasteiger partial charge on any atom is -0.470 e. The number of carbonyl (C=O) groups is 3. The van der Waals surface area contributed by atoms with Crippen LogP contribution in [0.3, 0.4) is 0 Å². The van der Waals surface area contributed by atoms with Gasteiger partial charge in [-0.05, 0) is 50.1 Å². The van der Waals surface area contributed by atoms with Gasteiger partial charge in [0.15, 0.2) is 18.3 Å². The zero-order valence-electron chi connectivity index (χ0n) is 16.4. The molecule has 7 nitrogen and oxygen atoms in total. The van der Waals surface area contributed by atoms with Gasteiger partial charge in [-0.2, -0.15) is 0 Å². The van der Waals surface area contributed by atoms with Crippen LogP contribution in [0.5, 0.6) is 0 Å². The van der Waals surface area contributed by atoms with E-state index in [0.717, 1.165) is 11.1 Å². The molecule has 1 amide bonds. The van der Waals surface area contributed by atoms with Crippen molar-refractivity contribution in [3.8, 4) is 0 Å². The molecule has 29 heavy (non-hydrogen) atoms. The van der Waals surface area contributed by atoms with Gasteiger partial charge in [-0.15, -0.1) is 0 Å². The second kappa shape index (κ2) is 8.60. The van der Waals surface area contributed by atoms with Gasteiger partial charge in [0.1, 0.15) is 0 Å². The number of hydrogen-bond donors (Lipinski definition) is 2. The van der Waals surface area contributed by atoms with E-state index in [1.807, 2.05) is 38.1 Å². The van der Waals surface area contributed by atoms with Gasteiger partial charge in [-0.25, -0.2) is 4.79 Å². The van der Waals surface area contributed by atoms with Crippen molar-refractivity contribution in [3.63, 3.8) is 0 Å². The van der Waals surface area contributed by atoms with Crippen molar-refractivity contribution >= 4 is 29.0 Å². The molecule has 0 bridgehead atoms. The number of Topliss-reactive ketones (excluding diaryl/α,β-unsaturated/α-hetero) is 1. The Labute approximate surface area is 168 Å². The molecule has 1 heterocycles. The molecular weight excluding hydrogens is 372 g/mol. The van der Waals surface area contributed by atoms with E-state index in [9.17, 15) is 14.4 Å². The first-order valence-corrected chi connectivity index (χ1v) is 9.16. The first-order valence-electron chi connectivity index (χ1n) is 9.16. The molecule has 0 spiro atoms. The molecule has 0 aromatic heterocycles. The maximum Gasteiger partial charge on any atom is 0.348 e. The Morgan fingerprint density at radius 3 is 2.55 bits per heavy atom. The SMILES string of the molecule is Cc1ccc(C)c(NC(=O)[C@@H](C)OC(=O)C2=C(Nc3ccccc3)OCC2=O)c1. The average Bonchev–Trinajstić information content (AvgIpc) is 3.05. The van der Waals surface area contributed by atoms with Crippen molar-refractivity contribution in [2.24, 2.45) is 0 Å². The quantitative estimate of drug-likeness (QED) is 0.578. The molecule has 7 heteroatoms. The highest BCUT2D eigenvalue weighted by molar-refractivity contribution is 6.20. The molecule has 0 saturated heterocycles. The molecule has 0 saturated carbocycles. The van der Waals surface area contributed by atoms with Gasteiger partial charge < -0.3 is 20.1 Å². The zero-order valence-corrected chi connectivity index (χ0v) is 16.4. The van der Waals surface area contributed by atoms with Gasteiger partial charge in [-0.1, -0.05) is 30.3 Å². The number of aryl methyl sites for hydroxylation is 2. The smallest absolute Gasteiger partial charge is 0.348 e. The summed E-state index contributed by atoms with van der Waals surface area (Å²) in [5, 5.41) is 5.64. The second-order valence-electron chi connectivity index (χ2n) is 6.76. The lowest BCUT2D eigenvalue weighted by Crippen LogP contribution is -2.31. The fourth-order valence-corrected chi connectivity index (χ4v) is 2.74. The molecule has 2 aromatic rings. The van der Waals surface area contributed by atoms with Crippen LogP contribution in [0.15, 0.2) is 60.0 Å². The number of nitrogens with one attached hydrogen (secondary N) is 2. The summed E-state index contributed by atoms with van der Waals surface area (Å²) in [5.41, 5.74) is 2.94. The van der Waals surface area contributed by atoms with Crippen LogP contribution in [-0.2, 0) is 23.9 Å². The van der Waals surface area contributed by atoms with Crippen LogP contribution in [0.25, 0.3) is 0 Å². The first-order chi connectivity index (χ1) is 13.8. The van der Waals surface area contributed by atoms with E-state index >= 15 is 0 Å². The summed E-state index contributed by atoms with van der Waals surface area (Å²) in [6, 6.07) is 14.6. The molecule has 1 aliphatic heterocycles. The Balaban J connectivity index is 1.70. The van der Waals surface area contributed by atoms with Crippen LogP contribution < -0.4 is 10.6 Å². The third kappa shape index (κ3) is 4.82. The third-order valence-corrected chi connectivity index (χ3v) is 4.39. The predicted octanol–water partition coefficient (Wildman–Crippen LogP) is 3.10. The summed E-state index contributed by atoms with van der Waals surface area (Å²) in [6.07, 6.45) is -1.10. The van der Waals surface area contributed by atoms with Crippen molar-refractivity contribution in [1.82, 2.24) is 0 Å². The number of benzene rings is 2. The molecule has 0 aliphatic carbocycles. The van der Waals surface area contributed by atoms with E-state index in [1.165, 1.54) is 6.92 Å². The topological polar surface area (TPSA) is 93.7 Å². The van der Waals surface area contributed by atoms with Gasteiger partial charge in [0.2, 0.25) is 11.7 Å². The number of para-hydroxylation sites is 1. The van der Waals surface area contributed by atoms with E-state index in [-0.39, 0.29) is 18.1 Å². The van der Waals surface area contributed by atoms with Crippen molar-refractivity contribution in [2.45, 2.75) is 26.9 Å². The number of anilines is 2. The van der Waals surface area contributed by atoms with Crippen LogP contribution in [0, 0.1) is 13.8 Å². The van der Waals surface area contributed by atoms with Crippen molar-refractivity contribution in [1.29, 1.82) is 0 Å². The Morgan fingerprint density at radius 1 is 1.10 bits per heavy atom. The summed E-state index contributed by atoms with van der Waals surface area (Å²) >= 11 is 0. The number of carbonyl (C=O) groups excluding carboxylic acids is 3. The number of rotatable bonds is 6. The average molecular weight is 394 g/mol. The zero-order chi connectivity index (χ0) is 21.0. The molecule has 1 atom stereocenters. The molecule has 150 valence electrons. The molecule has 0 fully saturated rings. The molecule has 0 radical (unpaired) electrons. The van der Waals surface area contributed by atoms with E-state index in [1.54, 1.807) is 24.3 Å². The predicted molar refractivity (Wildman–Crippen MR) is 108 cm³/mol. The Kier molecular flexibility index (Phi) is 5.97. The highest BCUT2D eigenvalue weighted by Gasteiger charge is 2.34. The van der Waals surface area contributed by atoms with Crippen LogP contribution in [-0.4, -0.2) is 30.4 Å². The van der Waals surface area contributed by atoms with Crippen molar-refractivity contribution in [3.05, 3.63) is 71.1 Å². The lowest BCUT2D eigenvalue weighted by molar-refractivity contribution is -0.150. The largest absolute Gasteiger partial charge is 0.470 e. The highest BCUT2D eigenvalue weighted by Crippen LogP contribution is 2.22. The summed E-state index contributed by atoms with van der Waals surface area (Å²) in [6.45, 7) is 4.97. The van der Waals surface area contributed by atoms with Crippen LogP contribution in [0.1, 0.15) is 18.1 Å². The van der Waals surface area contributed by atoms with E-state index in [4.69, 9.17) is 9.47 Å². The van der Waals surface area contributed by atoms with Gasteiger partial charge >= 0.3 is 5.97 Å². The number of amides is 1. The summed E-state index contributed by atoms with van der Waals surface area (Å²) < 4.78 is 10.5. The fraction of sp³-hybridized carbons (Fsp3) is 0.227. The second-order valence-corrected chi connectivity index (χ2v) is 6.76. The monoisotopic (exact) mass is 394 g/mol. The normalized spacial score (nSPS) is 14.2. The summed E-state index contributed by atoms with van der Waals surface area (Å²) in [4.78, 5) is 37.1. The first kappa shape index (κ1) is 20.1. The molecule has 0 unspecified atom stereocenters. The minimum atomic E-state index is -1.10. The van der Waals surface area contributed by atoms with Gasteiger partial charge in [0.25, 0.3) is 5.91 Å².